The Bertz CT molecular complexity index is 8240. The Kier molecular flexibility index (Phi) is 19.3. The molecule has 1 unspecified atom stereocenters. The van der Waals surface area contributed by atoms with Crippen LogP contribution in [0.4, 0.5) is 17.1 Å². The molecule has 0 spiro atoms. The van der Waals surface area contributed by atoms with Crippen molar-refractivity contribution in [3.63, 3.8) is 0 Å². The summed E-state index contributed by atoms with van der Waals surface area (Å²) in [6.45, 7) is 0. The largest absolute Gasteiger partial charge is 0.456 e. The first-order valence-electron chi connectivity index (χ1n) is 45.0. The van der Waals surface area contributed by atoms with Gasteiger partial charge in [-0.1, -0.05) is 315 Å². The molecule has 4 aromatic heterocycles. The monoisotopic (exact) mass is 1650 g/mol. The van der Waals surface area contributed by atoms with Gasteiger partial charge in [0.05, 0.1) is 22.1 Å². The molecule has 23 aromatic rings. The van der Waals surface area contributed by atoms with Gasteiger partial charge >= 0.3 is 0 Å². The molecule has 4 heterocycles. The molecule has 0 fully saturated rings. The molecule has 1 atom stereocenters. The average Bonchev–Trinajstić information content (AvgIpc) is 1.59. The van der Waals surface area contributed by atoms with E-state index >= 15 is 0 Å². The van der Waals surface area contributed by atoms with E-state index in [1.165, 1.54) is 127 Å². The van der Waals surface area contributed by atoms with Crippen LogP contribution < -0.4 is 4.90 Å². The summed E-state index contributed by atoms with van der Waals surface area (Å²) >= 11 is 0. The number of nitrogens with zero attached hydrogens (tertiary/aromatic N) is 3. The quantitative estimate of drug-likeness (QED) is 0.0763. The van der Waals surface area contributed by atoms with E-state index in [1.807, 2.05) is 12.1 Å². The standard InChI is InChI=1S/C124H87N3O2/c1-6-19-84(20-7-1)87-40-36-83(37-41-87)73-96(89-43-45-90(46-44-89)102-59-72-124-116(80-102)115-79-100(57-71-123(115)129-124)86-23-10-3-11-24-86)42-35-82-33-38-88(39-34-82)98-55-67-117-111(75-98)109-66-53-103(81-120(109)127(117)105-29-14-5-15-30-105)95-26-18-25-94(74-95)91-47-60-106(61-48-91)125(108-64-51-93(52-65-108)101-58-70-122-114(78-101)110-31-16-17-32-121(110)128-122)107-62-49-92(50-63-107)99-56-69-119-113(77-99)112-76-97(85-21-8-2-9-22-85)54-68-118(112)126(119)104-27-12-4-13-28-104/h1-4,6-14,16-34,36-41,43-72,74-81,96H,5,15,35,42,73H2. The molecule has 0 aliphatic heterocycles. The number of allylic oxidation sites excluding steroid dienone is 4. The SMILES string of the molecule is C1=CC(n2c3ccc(-c4ccc(CCC(Cc5ccc(-c6ccccc6)cc5)c5ccc(-c6ccc7oc8ccc(-c9ccccc9)cc8c7c6)cc5)cc4)cc3c3ccc(-c4cccc(-c5ccc(N(c6ccc(-c7ccc8oc9ccccc9c8c7)cc6)c6ccc(-c7ccc8c(c7)c7cc(-c9ccccc9)ccc7n8-c7ccccc7)cc6)cc5)c4)cc32)=CCC1. The summed E-state index contributed by atoms with van der Waals surface area (Å²) in [5.74, 6) is 0.299. The van der Waals surface area contributed by atoms with Crippen molar-refractivity contribution in [1.29, 1.82) is 0 Å². The van der Waals surface area contributed by atoms with Crippen LogP contribution in [0.15, 0.2) is 470 Å². The van der Waals surface area contributed by atoms with Crippen LogP contribution in [0.1, 0.15) is 41.9 Å². The van der Waals surface area contributed by atoms with Gasteiger partial charge in [0.1, 0.15) is 22.3 Å². The van der Waals surface area contributed by atoms with Crippen molar-refractivity contribution in [1.82, 2.24) is 9.13 Å². The van der Waals surface area contributed by atoms with Crippen molar-refractivity contribution in [2.75, 3.05) is 4.90 Å². The summed E-state index contributed by atoms with van der Waals surface area (Å²) in [6, 6.07) is 163. The maximum absolute atomic E-state index is 6.39. The first-order chi connectivity index (χ1) is 63.9. The maximum Gasteiger partial charge on any atom is 0.135 e. The smallest absolute Gasteiger partial charge is 0.135 e. The number of hydrogen-bond acceptors (Lipinski definition) is 3. The van der Waals surface area contributed by atoms with Crippen molar-refractivity contribution in [3.8, 4) is 106 Å². The Morgan fingerprint density at radius 2 is 0.589 bits per heavy atom. The van der Waals surface area contributed by atoms with E-state index in [9.17, 15) is 0 Å². The minimum absolute atomic E-state index is 0.299. The predicted octanol–water partition coefficient (Wildman–Crippen LogP) is 34.3. The van der Waals surface area contributed by atoms with Gasteiger partial charge in [0.15, 0.2) is 0 Å². The third-order valence-corrected chi connectivity index (χ3v) is 26.7. The van der Waals surface area contributed by atoms with Gasteiger partial charge in [0.2, 0.25) is 0 Å². The van der Waals surface area contributed by atoms with E-state index in [1.54, 1.807) is 0 Å². The molecule has 610 valence electrons. The highest BCUT2D eigenvalue weighted by Crippen LogP contribution is 2.46. The molecule has 5 nitrogen and oxygen atoms in total. The molecule has 0 saturated carbocycles. The van der Waals surface area contributed by atoms with Crippen LogP contribution in [0.5, 0.6) is 0 Å². The van der Waals surface area contributed by atoms with Gasteiger partial charge in [-0.15, -0.1) is 0 Å². The molecule has 19 aromatic carbocycles. The average molecular weight is 1650 g/mol. The number of para-hydroxylation sites is 2. The van der Waals surface area contributed by atoms with Crippen LogP contribution in [0.25, 0.3) is 199 Å². The Balaban J connectivity index is 0.515. The molecule has 1 aliphatic rings. The van der Waals surface area contributed by atoms with Gasteiger partial charge in [0.25, 0.3) is 0 Å². The predicted molar refractivity (Wildman–Crippen MR) is 542 cm³/mol. The summed E-state index contributed by atoms with van der Waals surface area (Å²) in [7, 11) is 0. The van der Waals surface area contributed by atoms with Crippen LogP contribution in [0.2, 0.25) is 0 Å². The normalized spacial score (nSPS) is 12.5. The van der Waals surface area contributed by atoms with E-state index in [0.717, 1.165) is 138 Å². The van der Waals surface area contributed by atoms with E-state index in [4.69, 9.17) is 8.83 Å². The van der Waals surface area contributed by atoms with Gasteiger partial charge in [-0.3, -0.25) is 0 Å². The minimum Gasteiger partial charge on any atom is -0.456 e. The zero-order chi connectivity index (χ0) is 85.2. The van der Waals surface area contributed by atoms with Gasteiger partial charge in [-0.25, -0.2) is 0 Å². The van der Waals surface area contributed by atoms with Crippen LogP contribution in [0, 0.1) is 0 Å². The molecular formula is C124H87N3O2. The Morgan fingerprint density at radius 3 is 1.09 bits per heavy atom. The molecule has 24 rings (SSSR count). The highest BCUT2D eigenvalue weighted by molar-refractivity contribution is 6.15. The third kappa shape index (κ3) is 14.5. The number of aromatic nitrogens is 2. The Morgan fingerprint density at radius 1 is 0.240 bits per heavy atom. The molecule has 5 heteroatoms. The second-order valence-corrected chi connectivity index (χ2v) is 34.5. The maximum atomic E-state index is 6.39. The third-order valence-electron chi connectivity index (χ3n) is 26.7. The lowest BCUT2D eigenvalue weighted by atomic mass is 9.86. The zero-order valence-electron chi connectivity index (χ0n) is 71.1. The summed E-state index contributed by atoms with van der Waals surface area (Å²) in [4.78, 5) is 2.38. The molecule has 0 bridgehead atoms. The highest BCUT2D eigenvalue weighted by Gasteiger charge is 2.23. The fourth-order valence-corrected chi connectivity index (χ4v) is 20.0. The molecule has 129 heavy (non-hydrogen) atoms. The van der Waals surface area contributed by atoms with Crippen molar-refractivity contribution in [3.05, 3.63) is 478 Å². The lowest BCUT2D eigenvalue weighted by molar-refractivity contribution is 0.621. The van der Waals surface area contributed by atoms with Gasteiger partial charge in [-0.2, -0.15) is 0 Å². The van der Waals surface area contributed by atoms with Crippen molar-refractivity contribution < 1.29 is 8.83 Å². The van der Waals surface area contributed by atoms with Gasteiger partial charge in [0, 0.05) is 71.5 Å². The number of rotatable bonds is 20. The second kappa shape index (κ2) is 32.6. The topological polar surface area (TPSA) is 39.4 Å². The summed E-state index contributed by atoms with van der Waals surface area (Å²) in [6.07, 6.45) is 12.0. The molecular weight excluding hydrogens is 1560 g/mol. The first kappa shape index (κ1) is 76.3. The molecule has 1 aliphatic carbocycles. The van der Waals surface area contributed by atoms with Gasteiger partial charge in [-0.05, 0) is 300 Å². The summed E-state index contributed by atoms with van der Waals surface area (Å²) in [5, 5.41) is 9.41. The van der Waals surface area contributed by atoms with Crippen LogP contribution in [-0.4, -0.2) is 9.13 Å². The fourth-order valence-electron chi connectivity index (χ4n) is 20.0. The van der Waals surface area contributed by atoms with Crippen LogP contribution in [-0.2, 0) is 12.8 Å². The van der Waals surface area contributed by atoms with E-state index in [2.05, 4.69) is 463 Å². The molecule has 0 amide bonds. The number of benzene rings is 19. The number of hydrogen-bond donors (Lipinski definition) is 0. The Labute approximate surface area is 749 Å². The van der Waals surface area contributed by atoms with Crippen LogP contribution in [0.3, 0.4) is 0 Å². The first-order valence-corrected chi connectivity index (χ1v) is 45.0. The number of aryl methyl sites for hydroxylation is 1. The van der Waals surface area contributed by atoms with Gasteiger partial charge < -0.3 is 22.9 Å². The zero-order valence-corrected chi connectivity index (χ0v) is 71.1. The van der Waals surface area contributed by atoms with Crippen molar-refractivity contribution in [2.45, 2.75) is 38.0 Å². The lowest BCUT2D eigenvalue weighted by Gasteiger charge is -2.26. The lowest BCUT2D eigenvalue weighted by Crippen LogP contribution is -2.09. The van der Waals surface area contributed by atoms with Crippen LogP contribution >= 0.6 is 0 Å². The highest BCUT2D eigenvalue weighted by atomic mass is 16.3. The molecule has 0 saturated heterocycles. The van der Waals surface area contributed by atoms with Crippen molar-refractivity contribution >= 4 is 110 Å². The number of furan rings is 2. The molecule has 0 N–H and O–H groups in total. The van der Waals surface area contributed by atoms with E-state index < -0.39 is 0 Å². The van der Waals surface area contributed by atoms with E-state index in [-0.39, 0.29) is 0 Å². The molecule has 0 radical (unpaired) electrons. The Hall–Kier alpha value is -16.3. The summed E-state index contributed by atoms with van der Waals surface area (Å²) in [5.41, 5.74) is 39.1. The van der Waals surface area contributed by atoms with Crippen molar-refractivity contribution in [2.24, 2.45) is 0 Å². The number of anilines is 3. The summed E-state index contributed by atoms with van der Waals surface area (Å²) < 4.78 is 17.5. The van der Waals surface area contributed by atoms with E-state index in [0.29, 0.717) is 5.92 Å². The minimum atomic E-state index is 0.299. The fraction of sp³-hybridized carbons (Fsp3) is 0.0484. The second-order valence-electron chi connectivity index (χ2n) is 34.5. The number of fused-ring (bicyclic) bond motifs is 12.